The van der Waals surface area contributed by atoms with Gasteiger partial charge in [-0.3, -0.25) is 14.6 Å². The molecule has 4 rings (SSSR count). The number of halogens is 1. The van der Waals surface area contributed by atoms with E-state index >= 15 is 0 Å². The molecule has 0 bridgehead atoms. The summed E-state index contributed by atoms with van der Waals surface area (Å²) in [6.45, 7) is 0.549. The van der Waals surface area contributed by atoms with Crippen molar-refractivity contribution in [2.75, 3.05) is 11.9 Å². The van der Waals surface area contributed by atoms with E-state index in [-0.39, 0.29) is 11.6 Å². The van der Waals surface area contributed by atoms with Crippen molar-refractivity contribution in [1.82, 2.24) is 9.88 Å². The zero-order chi connectivity index (χ0) is 19.5. The molecule has 142 valence electrons. The van der Waals surface area contributed by atoms with Crippen molar-refractivity contribution in [2.24, 2.45) is 0 Å². The van der Waals surface area contributed by atoms with Gasteiger partial charge in [-0.15, -0.1) is 0 Å². The number of nitrogens with zero attached hydrogens (tertiary/aromatic N) is 2. The van der Waals surface area contributed by atoms with Gasteiger partial charge in [-0.1, -0.05) is 42.5 Å². The van der Waals surface area contributed by atoms with Crippen molar-refractivity contribution in [3.63, 3.8) is 0 Å². The molecule has 28 heavy (non-hydrogen) atoms. The highest BCUT2D eigenvalue weighted by molar-refractivity contribution is 6.39. The first-order valence-electron chi connectivity index (χ1n) is 9.34. The first-order chi connectivity index (χ1) is 13.6. The first-order valence-corrected chi connectivity index (χ1v) is 9.34. The molecule has 1 atom stereocenters. The van der Waals surface area contributed by atoms with Crippen LogP contribution in [0, 0.1) is 5.82 Å². The highest BCUT2D eigenvalue weighted by Crippen LogP contribution is 2.31. The number of nitrogens with one attached hydrogen (secondary N) is 1. The molecular formula is C22H20FN3O2. The van der Waals surface area contributed by atoms with E-state index in [1.54, 1.807) is 23.1 Å². The number of likely N-dealkylation sites (tertiary alicyclic amines) is 1. The molecule has 2 amide bonds. The van der Waals surface area contributed by atoms with Gasteiger partial charge in [0.25, 0.3) is 0 Å². The van der Waals surface area contributed by atoms with Crippen molar-refractivity contribution in [2.45, 2.75) is 25.3 Å². The predicted molar refractivity (Wildman–Crippen MR) is 105 cm³/mol. The zero-order valence-corrected chi connectivity index (χ0v) is 15.3. The average Bonchev–Trinajstić information content (AvgIpc) is 2.74. The number of para-hydroxylation sites is 1. The van der Waals surface area contributed by atoms with E-state index in [2.05, 4.69) is 10.3 Å². The van der Waals surface area contributed by atoms with Gasteiger partial charge in [0.15, 0.2) is 0 Å². The number of carbonyl (C=O) groups excluding carboxylic acids is 2. The molecule has 2 aromatic carbocycles. The third kappa shape index (κ3) is 3.58. The van der Waals surface area contributed by atoms with E-state index in [0.717, 1.165) is 24.8 Å². The second-order valence-electron chi connectivity index (χ2n) is 6.91. The summed E-state index contributed by atoms with van der Waals surface area (Å²) < 4.78 is 13.7. The Bertz CT molecular complexity index is 1020. The third-order valence-electron chi connectivity index (χ3n) is 5.06. The van der Waals surface area contributed by atoms with Crippen molar-refractivity contribution >= 4 is 28.4 Å². The van der Waals surface area contributed by atoms with Gasteiger partial charge >= 0.3 is 11.8 Å². The highest BCUT2D eigenvalue weighted by atomic mass is 19.1. The molecule has 2 heterocycles. The Kier molecular flexibility index (Phi) is 5.02. The normalized spacial score (nSPS) is 16.8. The Hall–Kier alpha value is -3.28. The van der Waals surface area contributed by atoms with Crippen molar-refractivity contribution in [3.8, 4) is 0 Å². The van der Waals surface area contributed by atoms with E-state index in [1.807, 2.05) is 30.3 Å². The van der Waals surface area contributed by atoms with Crippen LogP contribution in [0.3, 0.4) is 0 Å². The minimum absolute atomic E-state index is 0.1000. The van der Waals surface area contributed by atoms with Gasteiger partial charge in [-0.05, 0) is 37.0 Å². The van der Waals surface area contributed by atoms with Crippen molar-refractivity contribution in [1.29, 1.82) is 0 Å². The number of rotatable bonds is 2. The maximum absolute atomic E-state index is 13.7. The van der Waals surface area contributed by atoms with Crippen LogP contribution in [0.25, 0.3) is 10.9 Å². The lowest BCUT2D eigenvalue weighted by molar-refractivity contribution is -0.145. The molecule has 0 saturated carbocycles. The number of benzene rings is 2. The van der Waals surface area contributed by atoms with Crippen LogP contribution in [-0.4, -0.2) is 28.2 Å². The topological polar surface area (TPSA) is 62.3 Å². The van der Waals surface area contributed by atoms with Crippen LogP contribution < -0.4 is 5.32 Å². The minimum Gasteiger partial charge on any atom is -0.327 e. The Labute approximate surface area is 162 Å². The van der Waals surface area contributed by atoms with Gasteiger partial charge in [0.2, 0.25) is 0 Å². The molecule has 1 aromatic heterocycles. The predicted octanol–water partition coefficient (Wildman–Crippen LogP) is 4.07. The lowest BCUT2D eigenvalue weighted by atomic mass is 9.95. The second kappa shape index (κ2) is 7.76. The molecule has 1 fully saturated rings. The van der Waals surface area contributed by atoms with Crippen molar-refractivity contribution < 1.29 is 14.0 Å². The van der Waals surface area contributed by atoms with E-state index in [0.29, 0.717) is 17.6 Å². The molecule has 1 unspecified atom stereocenters. The summed E-state index contributed by atoms with van der Waals surface area (Å²) in [6.07, 6.45) is 4.09. The molecule has 0 radical (unpaired) electrons. The quantitative estimate of drug-likeness (QED) is 0.685. The maximum Gasteiger partial charge on any atom is 0.313 e. The Morgan fingerprint density at radius 3 is 2.71 bits per heavy atom. The highest BCUT2D eigenvalue weighted by Gasteiger charge is 2.31. The van der Waals surface area contributed by atoms with E-state index in [1.165, 1.54) is 12.3 Å². The van der Waals surface area contributed by atoms with Crippen molar-refractivity contribution in [3.05, 3.63) is 72.2 Å². The van der Waals surface area contributed by atoms with Crippen LogP contribution in [0.1, 0.15) is 30.9 Å². The Morgan fingerprint density at radius 1 is 1.07 bits per heavy atom. The molecule has 1 N–H and O–H groups in total. The van der Waals surface area contributed by atoms with Gasteiger partial charge in [0.1, 0.15) is 11.3 Å². The van der Waals surface area contributed by atoms with E-state index in [4.69, 9.17) is 0 Å². The fraction of sp³-hybridized carbons (Fsp3) is 0.227. The maximum atomic E-state index is 13.7. The minimum atomic E-state index is -0.708. The number of aromatic nitrogens is 1. The summed E-state index contributed by atoms with van der Waals surface area (Å²) in [6, 6.07) is 15.9. The molecule has 6 heteroatoms. The van der Waals surface area contributed by atoms with Crippen LogP contribution in [0.2, 0.25) is 0 Å². The average molecular weight is 377 g/mol. The Balaban J connectivity index is 1.53. The van der Waals surface area contributed by atoms with Gasteiger partial charge in [-0.2, -0.15) is 0 Å². The fourth-order valence-corrected chi connectivity index (χ4v) is 3.70. The molecule has 3 aromatic rings. The van der Waals surface area contributed by atoms with E-state index < -0.39 is 17.6 Å². The number of pyridine rings is 1. The number of carbonyl (C=O) groups is 2. The zero-order valence-electron chi connectivity index (χ0n) is 15.3. The van der Waals surface area contributed by atoms with Crippen LogP contribution in [0.4, 0.5) is 10.1 Å². The van der Waals surface area contributed by atoms with Crippen LogP contribution in [0.5, 0.6) is 0 Å². The SMILES string of the molecule is O=C(Nc1cnc2c(F)cccc2c1)C(=O)N1CCCCC1c1ccccc1. The summed E-state index contributed by atoms with van der Waals surface area (Å²) in [5.41, 5.74) is 1.63. The molecule has 0 aliphatic carbocycles. The molecule has 1 saturated heterocycles. The molecule has 1 aliphatic heterocycles. The summed E-state index contributed by atoms with van der Waals surface area (Å²) in [7, 11) is 0. The van der Waals surface area contributed by atoms with Crippen LogP contribution in [0.15, 0.2) is 60.8 Å². The number of fused-ring (bicyclic) bond motifs is 1. The number of piperidine rings is 1. The van der Waals surface area contributed by atoms with Gasteiger partial charge in [0.05, 0.1) is 17.9 Å². The molecule has 1 aliphatic rings. The molecule has 5 nitrogen and oxygen atoms in total. The fourth-order valence-electron chi connectivity index (χ4n) is 3.70. The summed E-state index contributed by atoms with van der Waals surface area (Å²) in [5, 5.41) is 3.17. The van der Waals surface area contributed by atoms with Gasteiger partial charge in [-0.25, -0.2) is 4.39 Å². The van der Waals surface area contributed by atoms with Crippen LogP contribution >= 0.6 is 0 Å². The van der Waals surface area contributed by atoms with E-state index in [9.17, 15) is 14.0 Å². The largest absolute Gasteiger partial charge is 0.327 e. The summed E-state index contributed by atoms with van der Waals surface area (Å²) >= 11 is 0. The van der Waals surface area contributed by atoms with Gasteiger partial charge in [0, 0.05) is 11.9 Å². The molecule has 0 spiro atoms. The smallest absolute Gasteiger partial charge is 0.313 e. The number of hydrogen-bond acceptors (Lipinski definition) is 3. The number of anilines is 1. The van der Waals surface area contributed by atoms with Crippen LogP contribution in [-0.2, 0) is 9.59 Å². The third-order valence-corrected chi connectivity index (χ3v) is 5.06. The second-order valence-corrected chi connectivity index (χ2v) is 6.91. The standard InChI is InChI=1S/C22H20FN3O2/c23-18-10-6-9-16-13-17(14-24-20(16)18)25-21(27)22(28)26-12-5-4-11-19(26)15-7-2-1-3-8-15/h1-3,6-10,13-14,19H,4-5,11-12H2,(H,25,27). The number of hydrogen-bond donors (Lipinski definition) is 1. The lowest BCUT2D eigenvalue weighted by Crippen LogP contribution is -2.44. The first kappa shape index (κ1) is 18.1. The lowest BCUT2D eigenvalue weighted by Gasteiger charge is -2.35. The monoisotopic (exact) mass is 377 g/mol. The van der Waals surface area contributed by atoms with Gasteiger partial charge < -0.3 is 10.2 Å². The Morgan fingerprint density at radius 2 is 1.89 bits per heavy atom. The summed E-state index contributed by atoms with van der Waals surface area (Å²) in [4.78, 5) is 31.1. The number of amides is 2. The molecular weight excluding hydrogens is 357 g/mol. The summed E-state index contributed by atoms with van der Waals surface area (Å²) in [5.74, 6) is -1.70.